The summed E-state index contributed by atoms with van der Waals surface area (Å²) in [5.74, 6) is 0.215. The summed E-state index contributed by atoms with van der Waals surface area (Å²) in [7, 11) is 1.46. The number of carbonyl (C=O) groups is 1. The highest BCUT2D eigenvalue weighted by atomic mass is 32.2. The number of thioether (sulfide) groups is 1. The van der Waals surface area contributed by atoms with Crippen LogP contribution < -0.4 is 0 Å². The first-order valence-corrected chi connectivity index (χ1v) is 6.96. The Morgan fingerprint density at radius 2 is 1.88 bits per heavy atom. The Hall–Kier alpha value is -0.960. The average molecular weight is 250 g/mol. The fourth-order valence-electron chi connectivity index (χ4n) is 2.64. The monoisotopic (exact) mass is 250 g/mol. The molecule has 0 radical (unpaired) electrons. The molecule has 0 heterocycles. The molecule has 0 aliphatic heterocycles. The number of rotatable bonds is 3. The zero-order chi connectivity index (χ0) is 12.6. The van der Waals surface area contributed by atoms with Crippen LogP contribution in [0.5, 0.6) is 0 Å². The molecule has 2 nitrogen and oxygen atoms in total. The van der Waals surface area contributed by atoms with E-state index in [9.17, 15) is 4.79 Å². The number of methoxy groups -OCH3 is 1. The van der Waals surface area contributed by atoms with Gasteiger partial charge in [-0.15, -0.1) is 11.8 Å². The number of ether oxygens (including phenoxy) is 1. The van der Waals surface area contributed by atoms with Crippen molar-refractivity contribution in [2.45, 2.75) is 24.7 Å². The minimum atomic E-state index is -0.0889. The number of carbonyl (C=O) groups excluding carboxylic acids is 1. The van der Waals surface area contributed by atoms with E-state index in [1.54, 1.807) is 11.8 Å². The van der Waals surface area contributed by atoms with E-state index < -0.39 is 0 Å². The highest BCUT2D eigenvalue weighted by Gasteiger charge is 2.62. The maximum absolute atomic E-state index is 11.7. The van der Waals surface area contributed by atoms with E-state index in [-0.39, 0.29) is 17.3 Å². The molecule has 17 heavy (non-hydrogen) atoms. The quantitative estimate of drug-likeness (QED) is 0.608. The highest BCUT2D eigenvalue weighted by molar-refractivity contribution is 7.98. The van der Waals surface area contributed by atoms with E-state index >= 15 is 0 Å². The Morgan fingerprint density at radius 3 is 2.35 bits per heavy atom. The van der Waals surface area contributed by atoms with Crippen molar-refractivity contribution in [2.75, 3.05) is 13.4 Å². The minimum absolute atomic E-state index is 0.00706. The van der Waals surface area contributed by atoms with Crippen molar-refractivity contribution in [3.8, 4) is 0 Å². The molecule has 1 aliphatic carbocycles. The Balaban J connectivity index is 2.21. The first-order valence-electron chi connectivity index (χ1n) is 5.74. The summed E-state index contributed by atoms with van der Waals surface area (Å²) in [4.78, 5) is 12.9. The van der Waals surface area contributed by atoms with E-state index in [4.69, 9.17) is 4.74 Å². The second kappa shape index (κ2) is 4.37. The summed E-state index contributed by atoms with van der Waals surface area (Å²) >= 11 is 1.73. The molecular weight excluding hydrogens is 232 g/mol. The van der Waals surface area contributed by atoms with Crippen LogP contribution >= 0.6 is 11.8 Å². The summed E-state index contributed by atoms with van der Waals surface area (Å²) in [6.45, 7) is 4.25. The lowest BCUT2D eigenvalue weighted by Gasteiger charge is -2.03. The molecule has 0 N–H and O–H groups in total. The number of hydrogen-bond donors (Lipinski definition) is 0. The Bertz CT molecular complexity index is 422. The zero-order valence-corrected chi connectivity index (χ0v) is 11.5. The van der Waals surface area contributed by atoms with Gasteiger partial charge < -0.3 is 4.74 Å². The third-order valence-corrected chi connectivity index (χ3v) is 4.50. The van der Waals surface area contributed by atoms with Crippen molar-refractivity contribution in [1.82, 2.24) is 0 Å². The largest absolute Gasteiger partial charge is 0.469 e. The molecule has 1 aromatic rings. The summed E-state index contributed by atoms with van der Waals surface area (Å²) in [5, 5.41) is 0. The van der Waals surface area contributed by atoms with E-state index in [1.807, 2.05) is 0 Å². The van der Waals surface area contributed by atoms with Crippen molar-refractivity contribution in [1.29, 1.82) is 0 Å². The molecule has 2 unspecified atom stereocenters. The van der Waals surface area contributed by atoms with Crippen LogP contribution in [0.15, 0.2) is 29.2 Å². The van der Waals surface area contributed by atoms with Crippen molar-refractivity contribution < 1.29 is 9.53 Å². The lowest BCUT2D eigenvalue weighted by Crippen LogP contribution is -2.07. The van der Waals surface area contributed by atoms with Crippen LogP contribution in [-0.4, -0.2) is 19.3 Å². The molecule has 0 saturated heterocycles. The SMILES string of the molecule is COC(=O)C1C(c2ccc(SC)cc2)C1(C)C. The normalized spacial score (nSPS) is 25.4. The van der Waals surface area contributed by atoms with Gasteiger partial charge in [0.1, 0.15) is 0 Å². The topological polar surface area (TPSA) is 26.3 Å². The van der Waals surface area contributed by atoms with E-state index in [0.29, 0.717) is 5.92 Å². The molecule has 92 valence electrons. The molecular formula is C14H18O2S. The maximum atomic E-state index is 11.7. The lowest BCUT2D eigenvalue weighted by molar-refractivity contribution is -0.143. The van der Waals surface area contributed by atoms with Crippen LogP contribution in [0, 0.1) is 11.3 Å². The van der Waals surface area contributed by atoms with Crippen LogP contribution in [0.1, 0.15) is 25.3 Å². The predicted molar refractivity (Wildman–Crippen MR) is 70.3 cm³/mol. The molecule has 1 saturated carbocycles. The molecule has 1 aromatic carbocycles. The van der Waals surface area contributed by atoms with Crippen molar-refractivity contribution in [3.05, 3.63) is 29.8 Å². The second-order valence-electron chi connectivity index (χ2n) is 5.07. The van der Waals surface area contributed by atoms with Gasteiger partial charge in [0, 0.05) is 10.8 Å². The second-order valence-corrected chi connectivity index (χ2v) is 5.95. The Labute approximate surface area is 107 Å². The van der Waals surface area contributed by atoms with Gasteiger partial charge in [-0.25, -0.2) is 0 Å². The van der Waals surface area contributed by atoms with Crippen LogP contribution in [0.2, 0.25) is 0 Å². The Kier molecular flexibility index (Phi) is 3.21. The molecule has 0 bridgehead atoms. The van der Waals surface area contributed by atoms with Gasteiger partial charge in [-0.3, -0.25) is 4.79 Å². The molecule has 3 heteroatoms. The van der Waals surface area contributed by atoms with Crippen molar-refractivity contribution in [3.63, 3.8) is 0 Å². The van der Waals surface area contributed by atoms with Gasteiger partial charge in [0.25, 0.3) is 0 Å². The van der Waals surface area contributed by atoms with Gasteiger partial charge in [-0.1, -0.05) is 26.0 Å². The maximum Gasteiger partial charge on any atom is 0.309 e. The van der Waals surface area contributed by atoms with Gasteiger partial charge >= 0.3 is 5.97 Å². The van der Waals surface area contributed by atoms with Crippen LogP contribution in [-0.2, 0) is 9.53 Å². The molecule has 1 fully saturated rings. The van der Waals surface area contributed by atoms with Gasteiger partial charge in [0.15, 0.2) is 0 Å². The summed E-state index contributed by atoms with van der Waals surface area (Å²) in [6.07, 6.45) is 2.06. The predicted octanol–water partition coefficient (Wildman–Crippen LogP) is 3.32. The molecule has 0 spiro atoms. The van der Waals surface area contributed by atoms with E-state index in [0.717, 1.165) is 0 Å². The van der Waals surface area contributed by atoms with Crippen molar-refractivity contribution in [2.24, 2.45) is 11.3 Å². The van der Waals surface area contributed by atoms with Gasteiger partial charge in [0.2, 0.25) is 0 Å². The van der Waals surface area contributed by atoms with E-state index in [2.05, 4.69) is 44.4 Å². The fourth-order valence-corrected chi connectivity index (χ4v) is 3.05. The Morgan fingerprint density at radius 1 is 1.29 bits per heavy atom. The molecule has 2 rings (SSSR count). The first-order chi connectivity index (χ1) is 8.02. The molecule has 0 aromatic heterocycles. The third kappa shape index (κ3) is 2.08. The van der Waals surface area contributed by atoms with Crippen LogP contribution in [0.25, 0.3) is 0 Å². The fraction of sp³-hybridized carbons (Fsp3) is 0.500. The molecule has 2 atom stereocenters. The van der Waals surface area contributed by atoms with Gasteiger partial charge in [-0.05, 0) is 29.4 Å². The zero-order valence-electron chi connectivity index (χ0n) is 10.7. The van der Waals surface area contributed by atoms with Gasteiger partial charge in [0.05, 0.1) is 13.0 Å². The van der Waals surface area contributed by atoms with E-state index in [1.165, 1.54) is 17.6 Å². The standard InChI is InChI=1S/C14H18O2S/c1-14(2)11(12(14)13(15)16-3)9-5-7-10(17-4)8-6-9/h5-8,11-12H,1-4H3. The number of esters is 1. The first kappa shape index (κ1) is 12.5. The highest BCUT2D eigenvalue weighted by Crippen LogP contribution is 2.64. The summed E-state index contributed by atoms with van der Waals surface area (Å²) in [5.41, 5.74) is 1.26. The summed E-state index contributed by atoms with van der Waals surface area (Å²) < 4.78 is 4.86. The average Bonchev–Trinajstić information content (AvgIpc) is 2.91. The molecule has 1 aliphatic rings. The van der Waals surface area contributed by atoms with Crippen LogP contribution in [0.3, 0.4) is 0 Å². The number of hydrogen-bond acceptors (Lipinski definition) is 3. The minimum Gasteiger partial charge on any atom is -0.469 e. The van der Waals surface area contributed by atoms with Crippen molar-refractivity contribution >= 4 is 17.7 Å². The third-order valence-electron chi connectivity index (χ3n) is 3.76. The summed E-state index contributed by atoms with van der Waals surface area (Å²) in [6, 6.07) is 8.48. The number of benzene rings is 1. The van der Waals surface area contributed by atoms with Gasteiger partial charge in [-0.2, -0.15) is 0 Å². The van der Waals surface area contributed by atoms with Crippen LogP contribution in [0.4, 0.5) is 0 Å². The molecule has 0 amide bonds. The smallest absolute Gasteiger partial charge is 0.309 e. The lowest BCUT2D eigenvalue weighted by atomic mass is 10.0.